The molecule has 0 radical (unpaired) electrons. The van der Waals surface area contributed by atoms with Gasteiger partial charge >= 0.3 is 5.97 Å². The predicted octanol–water partition coefficient (Wildman–Crippen LogP) is -0.438. The molecule has 1 fully saturated rings. The number of nitrogens with zero attached hydrogens (tertiary/aromatic N) is 1. The van der Waals surface area contributed by atoms with Crippen molar-refractivity contribution in [1.82, 2.24) is 9.62 Å². The maximum absolute atomic E-state index is 12.3. The summed E-state index contributed by atoms with van der Waals surface area (Å²) in [4.78, 5) is 11.4. The Hall–Kier alpha value is -0.660. The fourth-order valence-corrected chi connectivity index (χ4v) is 3.45. The molecule has 1 rings (SSSR count). The fraction of sp³-hybridized carbons (Fsp3) is 0.900. The molecule has 1 atom stereocenters. The van der Waals surface area contributed by atoms with Crippen LogP contribution < -0.4 is 5.32 Å². The van der Waals surface area contributed by atoms with Crippen LogP contribution in [-0.4, -0.2) is 56.7 Å². The van der Waals surface area contributed by atoms with Gasteiger partial charge in [-0.05, 0) is 13.3 Å². The number of sulfonamides is 1. The summed E-state index contributed by atoms with van der Waals surface area (Å²) in [6.45, 7) is 5.02. The molecule has 0 aromatic rings. The quantitative estimate of drug-likeness (QED) is 0.658. The minimum atomic E-state index is -3.62. The summed E-state index contributed by atoms with van der Waals surface area (Å²) in [5, 5.41) is 1.89. The highest BCUT2D eigenvalue weighted by Gasteiger charge is 2.39. The van der Waals surface area contributed by atoms with Crippen molar-refractivity contribution in [3.8, 4) is 0 Å². The first-order valence-electron chi connectivity index (χ1n) is 5.74. The number of esters is 1. The maximum atomic E-state index is 12.3. The van der Waals surface area contributed by atoms with Crippen LogP contribution >= 0.6 is 0 Å². The Morgan fingerprint density at radius 3 is 2.47 bits per heavy atom. The van der Waals surface area contributed by atoms with E-state index in [1.165, 1.54) is 18.3 Å². The van der Waals surface area contributed by atoms with Crippen molar-refractivity contribution in [3.05, 3.63) is 0 Å². The Balaban J connectivity index is 2.86. The third kappa shape index (κ3) is 2.97. The number of ether oxygens (including phenoxy) is 1. The molecule has 0 amide bonds. The van der Waals surface area contributed by atoms with Gasteiger partial charge in [0.05, 0.1) is 7.11 Å². The van der Waals surface area contributed by atoms with Crippen LogP contribution in [0, 0.1) is 0 Å². The van der Waals surface area contributed by atoms with Crippen molar-refractivity contribution in [3.63, 3.8) is 0 Å². The van der Waals surface area contributed by atoms with E-state index in [0.717, 1.165) is 6.42 Å². The Morgan fingerprint density at radius 2 is 2.12 bits per heavy atom. The number of carbonyl (C=O) groups excluding carboxylic acids is 1. The van der Waals surface area contributed by atoms with Gasteiger partial charge in [0.25, 0.3) is 0 Å². The number of methoxy groups -OCH3 is 1. The third-order valence-corrected chi connectivity index (χ3v) is 5.14. The zero-order valence-electron chi connectivity index (χ0n) is 10.5. The lowest BCUT2D eigenvalue weighted by Crippen LogP contribution is -2.60. The van der Waals surface area contributed by atoms with Gasteiger partial charge in [0.1, 0.15) is 0 Å². The average molecular weight is 264 g/mol. The molecule has 1 N–H and O–H groups in total. The van der Waals surface area contributed by atoms with Crippen molar-refractivity contribution in [2.75, 3.05) is 26.7 Å². The molecule has 0 aliphatic carbocycles. The van der Waals surface area contributed by atoms with E-state index >= 15 is 0 Å². The topological polar surface area (TPSA) is 75.7 Å². The van der Waals surface area contributed by atoms with Crippen molar-refractivity contribution in [2.24, 2.45) is 0 Å². The van der Waals surface area contributed by atoms with Gasteiger partial charge < -0.3 is 10.1 Å². The van der Waals surface area contributed by atoms with Gasteiger partial charge in [0.15, 0.2) is 5.25 Å². The molecular formula is C10H20N2O4S. The first-order valence-corrected chi connectivity index (χ1v) is 7.24. The Kier molecular flexibility index (Phi) is 4.91. The predicted molar refractivity (Wildman–Crippen MR) is 64.1 cm³/mol. The smallest absolute Gasteiger partial charge is 0.325 e. The highest BCUT2D eigenvalue weighted by atomic mass is 32.2. The van der Waals surface area contributed by atoms with Gasteiger partial charge in [-0.1, -0.05) is 6.92 Å². The molecule has 0 saturated carbocycles. The highest BCUT2D eigenvalue weighted by Crippen LogP contribution is 2.17. The summed E-state index contributed by atoms with van der Waals surface area (Å²) in [5.41, 5.74) is 0. The normalized spacial score (nSPS) is 18.8. The molecule has 1 saturated heterocycles. The molecule has 7 heteroatoms. The fourth-order valence-electron chi connectivity index (χ4n) is 1.71. The lowest BCUT2D eigenvalue weighted by molar-refractivity contribution is -0.139. The molecule has 0 spiro atoms. The van der Waals surface area contributed by atoms with E-state index in [2.05, 4.69) is 10.1 Å². The van der Waals surface area contributed by atoms with Crippen molar-refractivity contribution in [2.45, 2.75) is 31.6 Å². The van der Waals surface area contributed by atoms with Crippen LogP contribution in [0.4, 0.5) is 0 Å². The lowest BCUT2D eigenvalue weighted by Gasteiger charge is -2.38. The van der Waals surface area contributed by atoms with Crippen molar-refractivity contribution >= 4 is 16.0 Å². The van der Waals surface area contributed by atoms with E-state index in [0.29, 0.717) is 19.6 Å². The summed E-state index contributed by atoms with van der Waals surface area (Å²) >= 11 is 0. The van der Waals surface area contributed by atoms with Crippen molar-refractivity contribution in [1.29, 1.82) is 0 Å². The Labute approximate surface area is 102 Å². The van der Waals surface area contributed by atoms with Gasteiger partial charge in [-0.25, -0.2) is 8.42 Å². The van der Waals surface area contributed by atoms with E-state index in [1.54, 1.807) is 0 Å². The van der Waals surface area contributed by atoms with Crippen LogP contribution in [0.2, 0.25) is 0 Å². The number of hydrogen-bond donors (Lipinski definition) is 1. The van der Waals surface area contributed by atoms with Gasteiger partial charge in [-0.2, -0.15) is 4.31 Å². The van der Waals surface area contributed by atoms with Crippen LogP contribution in [0.3, 0.4) is 0 Å². The summed E-state index contributed by atoms with van der Waals surface area (Å²) in [6, 6.07) is -0.0351. The monoisotopic (exact) mass is 264 g/mol. The molecular weight excluding hydrogens is 244 g/mol. The molecule has 6 nitrogen and oxygen atoms in total. The molecule has 1 heterocycles. The Bertz CT molecular complexity index is 365. The first kappa shape index (κ1) is 14.4. The SMILES string of the molecule is CCCN(C1CNC1)S(=O)(=O)C(C)C(=O)OC. The van der Waals surface area contributed by atoms with Crippen molar-refractivity contribution < 1.29 is 17.9 Å². The molecule has 1 unspecified atom stereocenters. The minimum absolute atomic E-state index is 0.0351. The summed E-state index contributed by atoms with van der Waals surface area (Å²) in [6.07, 6.45) is 0.726. The van der Waals surface area contributed by atoms with Gasteiger partial charge in [-0.15, -0.1) is 0 Å². The van der Waals surface area contributed by atoms with Crippen LogP contribution in [0.15, 0.2) is 0 Å². The number of rotatable bonds is 6. The summed E-state index contributed by atoms with van der Waals surface area (Å²) in [7, 11) is -2.42. The maximum Gasteiger partial charge on any atom is 0.325 e. The zero-order chi connectivity index (χ0) is 13.1. The standard InChI is InChI=1S/C10H20N2O4S/c1-4-5-12(9-6-11-7-9)17(14,15)8(2)10(13)16-3/h8-9,11H,4-7H2,1-3H3. The summed E-state index contributed by atoms with van der Waals surface area (Å²) < 4.78 is 30.4. The molecule has 1 aliphatic heterocycles. The van der Waals surface area contributed by atoms with Gasteiger partial charge in [-0.3, -0.25) is 4.79 Å². The van der Waals surface area contributed by atoms with Crippen LogP contribution in [0.5, 0.6) is 0 Å². The van der Waals surface area contributed by atoms with Crippen LogP contribution in [0.25, 0.3) is 0 Å². The second kappa shape index (κ2) is 5.79. The van der Waals surface area contributed by atoms with E-state index in [9.17, 15) is 13.2 Å². The molecule has 100 valence electrons. The van der Waals surface area contributed by atoms with Gasteiger partial charge in [0.2, 0.25) is 10.0 Å². The zero-order valence-corrected chi connectivity index (χ0v) is 11.3. The molecule has 17 heavy (non-hydrogen) atoms. The number of hydrogen-bond acceptors (Lipinski definition) is 5. The second-order valence-corrected chi connectivity index (χ2v) is 6.34. The van der Waals surface area contributed by atoms with Gasteiger partial charge in [0, 0.05) is 25.7 Å². The number of carbonyl (C=O) groups is 1. The summed E-state index contributed by atoms with van der Waals surface area (Å²) in [5.74, 6) is -0.710. The average Bonchev–Trinajstić information content (AvgIpc) is 2.23. The minimum Gasteiger partial charge on any atom is -0.468 e. The first-order chi connectivity index (χ1) is 7.95. The Morgan fingerprint density at radius 1 is 1.53 bits per heavy atom. The van der Waals surface area contributed by atoms with Crippen LogP contribution in [0.1, 0.15) is 20.3 Å². The largest absolute Gasteiger partial charge is 0.468 e. The second-order valence-electron chi connectivity index (χ2n) is 4.13. The molecule has 0 aromatic carbocycles. The molecule has 0 bridgehead atoms. The van der Waals surface area contributed by atoms with E-state index < -0.39 is 21.2 Å². The molecule has 0 aromatic heterocycles. The third-order valence-electron chi connectivity index (χ3n) is 2.92. The van der Waals surface area contributed by atoms with E-state index in [4.69, 9.17) is 0 Å². The number of nitrogens with one attached hydrogen (secondary N) is 1. The molecule has 1 aliphatic rings. The highest BCUT2D eigenvalue weighted by molar-refractivity contribution is 7.90. The lowest BCUT2D eigenvalue weighted by atomic mass is 10.2. The van der Waals surface area contributed by atoms with E-state index in [1.807, 2.05) is 6.92 Å². The van der Waals surface area contributed by atoms with Crippen LogP contribution in [-0.2, 0) is 19.6 Å². The van der Waals surface area contributed by atoms with E-state index in [-0.39, 0.29) is 6.04 Å².